The molecule has 0 amide bonds. The molecule has 0 saturated carbocycles. The smallest absolute Gasteiger partial charge is 0.386 e. The topological polar surface area (TPSA) is 27.7 Å². The van der Waals surface area contributed by atoms with E-state index in [0.29, 0.717) is 0 Å². The third-order valence-corrected chi connectivity index (χ3v) is 10.1. The molecular weight excluding hydrogens is 623 g/mol. The van der Waals surface area contributed by atoms with Crippen LogP contribution in [0.2, 0.25) is 0 Å². The van der Waals surface area contributed by atoms with E-state index >= 15 is 0 Å². The molecule has 0 saturated heterocycles. The van der Waals surface area contributed by atoms with E-state index < -0.39 is 7.32 Å². The maximum Gasteiger partial charge on any atom is 0.639 e. The van der Waals surface area contributed by atoms with Crippen LogP contribution in [-0.2, 0) is 14.0 Å². The fourth-order valence-electron chi connectivity index (χ4n) is 6.10. The van der Waals surface area contributed by atoms with Gasteiger partial charge in [0.15, 0.2) is 0 Å². The molecule has 3 nitrogen and oxygen atoms in total. The Morgan fingerprint density at radius 2 is 0.370 bits per heavy atom. The molecule has 0 spiro atoms. The number of hydrogen-bond acceptors (Lipinski definition) is 6. The van der Waals surface area contributed by atoms with Gasteiger partial charge in [-0.05, 0) is 55.8 Å². The minimum Gasteiger partial charge on any atom is -0.386 e. The van der Waals surface area contributed by atoms with E-state index in [1.54, 1.807) is 0 Å². The van der Waals surface area contributed by atoms with Crippen molar-refractivity contribution in [3.63, 3.8) is 0 Å². The second-order valence-electron chi connectivity index (χ2n) is 13.7. The van der Waals surface area contributed by atoms with Gasteiger partial charge in [-0.1, -0.05) is 173 Å². The molecule has 7 heteroatoms. The first-order chi connectivity index (χ1) is 22.8. The average Bonchev–Trinajstić information content (AvgIpc) is 3.07. The second-order valence-corrected chi connectivity index (χ2v) is 15.1. The molecule has 0 aromatic carbocycles. The summed E-state index contributed by atoms with van der Waals surface area (Å²) in [6, 6.07) is 0. The highest BCUT2D eigenvalue weighted by Gasteiger charge is 2.20. The Bertz CT molecular complexity index is 461. The zero-order valence-corrected chi connectivity index (χ0v) is 33.4. The third-order valence-electron chi connectivity index (χ3n) is 9.17. The molecule has 0 atom stereocenters. The lowest BCUT2D eigenvalue weighted by atomic mass is 10.1. The first kappa shape index (κ1) is 47.0. The van der Waals surface area contributed by atoms with Crippen LogP contribution < -0.4 is 0 Å². The minimum absolute atomic E-state index is 0.479. The van der Waals surface area contributed by atoms with Crippen molar-refractivity contribution in [2.24, 2.45) is 0 Å². The van der Waals surface area contributed by atoms with E-state index in [4.69, 9.17) is 14.0 Å². The number of hydrogen-bond donors (Lipinski definition) is 3. The molecule has 0 unspecified atom stereocenters. The Hall–Kier alpha value is 0.995. The summed E-state index contributed by atoms with van der Waals surface area (Å²) in [5.74, 6) is 3.12. The fraction of sp³-hybridized carbons (Fsp3) is 1.00. The summed E-state index contributed by atoms with van der Waals surface area (Å²) in [7, 11) is -0.479. The molecule has 0 aliphatic heterocycles. The van der Waals surface area contributed by atoms with Gasteiger partial charge in [0.1, 0.15) is 0 Å². The highest BCUT2D eigenvalue weighted by atomic mass is 32.1. The van der Waals surface area contributed by atoms with Crippen molar-refractivity contribution in [3.8, 4) is 0 Å². The number of rotatable bonds is 42. The van der Waals surface area contributed by atoms with Gasteiger partial charge in [-0.15, -0.1) is 0 Å². The molecule has 0 aliphatic rings. The van der Waals surface area contributed by atoms with Gasteiger partial charge in [0, 0.05) is 19.8 Å². The van der Waals surface area contributed by atoms with Gasteiger partial charge in [0.05, 0.1) is 0 Å². The molecule has 0 aliphatic carbocycles. The van der Waals surface area contributed by atoms with Crippen molar-refractivity contribution in [1.82, 2.24) is 0 Å². The van der Waals surface area contributed by atoms with Gasteiger partial charge in [-0.25, -0.2) is 0 Å². The highest BCUT2D eigenvalue weighted by Crippen LogP contribution is 2.15. The predicted octanol–water partition coefficient (Wildman–Crippen LogP) is 13.7. The monoisotopic (exact) mass is 705 g/mol. The number of thiol groups is 3. The van der Waals surface area contributed by atoms with Crippen molar-refractivity contribution in [1.29, 1.82) is 0 Å². The van der Waals surface area contributed by atoms with Crippen LogP contribution >= 0.6 is 37.9 Å². The van der Waals surface area contributed by atoms with E-state index in [1.165, 1.54) is 193 Å². The van der Waals surface area contributed by atoms with Crippen LogP contribution in [0.1, 0.15) is 212 Å². The van der Waals surface area contributed by atoms with Crippen LogP contribution in [0.15, 0.2) is 0 Å². The normalized spacial score (nSPS) is 11.5. The largest absolute Gasteiger partial charge is 0.639 e. The molecular formula is C39H81BO3S3. The lowest BCUT2D eigenvalue weighted by Crippen LogP contribution is -2.28. The van der Waals surface area contributed by atoms with Gasteiger partial charge in [-0.2, -0.15) is 37.9 Å². The second kappa shape index (κ2) is 44.0. The Balaban J connectivity index is 3.91. The molecule has 46 heavy (non-hydrogen) atoms. The van der Waals surface area contributed by atoms with Crippen LogP contribution in [-0.4, -0.2) is 44.4 Å². The molecule has 0 N–H and O–H groups in total. The summed E-state index contributed by atoms with van der Waals surface area (Å²) in [6.07, 6.45) is 43.9. The van der Waals surface area contributed by atoms with Crippen LogP contribution in [0.3, 0.4) is 0 Å². The molecule has 0 radical (unpaired) electrons. The summed E-state index contributed by atoms with van der Waals surface area (Å²) in [5, 5.41) is 0. The summed E-state index contributed by atoms with van der Waals surface area (Å²) >= 11 is 12.9. The standard InChI is InChI=1S/C39H81BO3S3/c44-37-31-25-19-13-7-1-4-10-16-22-28-34-41-40(42-35-29-23-17-11-5-2-8-14-20-26-32-38-45)43-36-30-24-18-12-6-3-9-15-21-27-33-39-46/h44-46H,1-39H2. The first-order valence-electron chi connectivity index (χ1n) is 20.5. The van der Waals surface area contributed by atoms with E-state index in [-0.39, 0.29) is 0 Å². The van der Waals surface area contributed by atoms with E-state index in [0.717, 1.165) is 56.3 Å². The molecule has 0 fully saturated rings. The Morgan fingerprint density at radius 1 is 0.217 bits per heavy atom. The Labute approximate surface area is 306 Å². The fourth-order valence-corrected chi connectivity index (χ4v) is 6.77. The summed E-state index contributed by atoms with van der Waals surface area (Å²) in [5.41, 5.74) is 0. The molecule has 0 heterocycles. The molecule has 0 rings (SSSR count). The first-order valence-corrected chi connectivity index (χ1v) is 22.4. The third kappa shape index (κ3) is 41.2. The van der Waals surface area contributed by atoms with Crippen molar-refractivity contribution < 1.29 is 14.0 Å². The maximum atomic E-state index is 6.09. The van der Waals surface area contributed by atoms with Crippen molar-refractivity contribution in [2.75, 3.05) is 37.1 Å². The zero-order valence-electron chi connectivity index (χ0n) is 30.7. The van der Waals surface area contributed by atoms with Crippen LogP contribution in [0, 0.1) is 0 Å². The molecule has 0 aromatic heterocycles. The van der Waals surface area contributed by atoms with Crippen LogP contribution in [0.5, 0.6) is 0 Å². The van der Waals surface area contributed by atoms with Gasteiger partial charge >= 0.3 is 7.32 Å². The predicted molar refractivity (Wildman–Crippen MR) is 218 cm³/mol. The Morgan fingerprint density at radius 3 is 0.543 bits per heavy atom. The lowest BCUT2D eigenvalue weighted by molar-refractivity contribution is 0.0885. The average molecular weight is 705 g/mol. The van der Waals surface area contributed by atoms with Gasteiger partial charge in [0.25, 0.3) is 0 Å². The summed E-state index contributed by atoms with van der Waals surface area (Å²) in [6.45, 7) is 2.25. The van der Waals surface area contributed by atoms with E-state index in [1.807, 2.05) is 0 Å². The van der Waals surface area contributed by atoms with Crippen LogP contribution in [0.4, 0.5) is 0 Å². The molecule has 0 aromatic rings. The minimum atomic E-state index is -0.479. The SMILES string of the molecule is SCCCCCCCCCCCCCOB(OCCCCCCCCCCCCCS)OCCCCCCCCCCCCCS. The lowest BCUT2D eigenvalue weighted by Gasteiger charge is -2.15. The van der Waals surface area contributed by atoms with Crippen molar-refractivity contribution >= 4 is 45.2 Å². The maximum absolute atomic E-state index is 6.09. The summed E-state index contributed by atoms with van der Waals surface area (Å²) in [4.78, 5) is 0. The molecule has 276 valence electrons. The van der Waals surface area contributed by atoms with Crippen molar-refractivity contribution in [3.05, 3.63) is 0 Å². The van der Waals surface area contributed by atoms with Gasteiger partial charge < -0.3 is 14.0 Å². The zero-order chi connectivity index (χ0) is 33.3. The Kier molecular flexibility index (Phi) is 45.0. The van der Waals surface area contributed by atoms with Crippen LogP contribution in [0.25, 0.3) is 0 Å². The van der Waals surface area contributed by atoms with E-state index in [9.17, 15) is 0 Å². The number of unbranched alkanes of at least 4 members (excludes halogenated alkanes) is 30. The summed E-state index contributed by atoms with van der Waals surface area (Å²) < 4.78 is 18.3. The van der Waals surface area contributed by atoms with Gasteiger partial charge in [0.2, 0.25) is 0 Å². The quantitative estimate of drug-likeness (QED) is 0.0335. The van der Waals surface area contributed by atoms with Gasteiger partial charge in [-0.3, -0.25) is 0 Å². The van der Waals surface area contributed by atoms with E-state index in [2.05, 4.69) is 37.9 Å². The molecule has 0 bridgehead atoms. The highest BCUT2D eigenvalue weighted by molar-refractivity contribution is 7.80. The van der Waals surface area contributed by atoms with Crippen molar-refractivity contribution in [2.45, 2.75) is 212 Å².